The van der Waals surface area contributed by atoms with Crippen molar-refractivity contribution in [1.82, 2.24) is 5.32 Å². The molecule has 1 saturated heterocycles. The fraction of sp³-hybridized carbons (Fsp3) is 0.435. The van der Waals surface area contributed by atoms with Gasteiger partial charge in [-0.05, 0) is 29.8 Å². The molecule has 150 valence electrons. The van der Waals surface area contributed by atoms with Crippen molar-refractivity contribution in [3.8, 4) is 5.75 Å². The highest BCUT2D eigenvalue weighted by Crippen LogP contribution is 2.17. The van der Waals surface area contributed by atoms with Crippen molar-refractivity contribution in [2.75, 3.05) is 45.7 Å². The molecular formula is C23H32N3O2+. The smallest absolute Gasteiger partial charge is 0.224 e. The Morgan fingerprint density at radius 1 is 1.07 bits per heavy atom. The van der Waals surface area contributed by atoms with E-state index in [1.807, 2.05) is 24.3 Å². The van der Waals surface area contributed by atoms with Gasteiger partial charge in [-0.3, -0.25) is 4.79 Å². The van der Waals surface area contributed by atoms with Crippen LogP contribution >= 0.6 is 0 Å². The van der Waals surface area contributed by atoms with Crippen molar-refractivity contribution in [2.45, 2.75) is 25.3 Å². The molecule has 1 aliphatic rings. The zero-order valence-corrected chi connectivity index (χ0v) is 17.2. The highest BCUT2D eigenvalue weighted by molar-refractivity contribution is 5.78. The lowest BCUT2D eigenvalue weighted by molar-refractivity contribution is -0.918. The van der Waals surface area contributed by atoms with Crippen molar-refractivity contribution in [2.24, 2.45) is 0 Å². The van der Waals surface area contributed by atoms with Gasteiger partial charge in [0.1, 0.15) is 11.8 Å². The van der Waals surface area contributed by atoms with Crippen LogP contribution in [0.3, 0.4) is 0 Å². The lowest BCUT2D eigenvalue weighted by Gasteiger charge is -2.26. The predicted octanol–water partition coefficient (Wildman–Crippen LogP) is 1.84. The van der Waals surface area contributed by atoms with Crippen LogP contribution in [-0.4, -0.2) is 46.7 Å². The number of nitrogens with one attached hydrogen (secondary N) is 2. The van der Waals surface area contributed by atoms with Gasteiger partial charge in [0.15, 0.2) is 0 Å². The zero-order chi connectivity index (χ0) is 19.9. The van der Waals surface area contributed by atoms with E-state index in [2.05, 4.69) is 48.6 Å². The lowest BCUT2D eigenvalue weighted by Crippen LogP contribution is -3.11. The predicted molar refractivity (Wildman–Crippen MR) is 113 cm³/mol. The number of carbonyl (C=O) groups is 1. The second-order valence-electron chi connectivity index (χ2n) is 7.73. The van der Waals surface area contributed by atoms with Gasteiger partial charge in [0, 0.05) is 38.2 Å². The summed E-state index contributed by atoms with van der Waals surface area (Å²) in [5.74, 6) is 0.877. The number of quaternary nitrogens is 1. The van der Waals surface area contributed by atoms with Crippen LogP contribution in [0.25, 0.3) is 0 Å². The fourth-order valence-corrected chi connectivity index (χ4v) is 3.89. The molecule has 1 fully saturated rings. The molecule has 3 rings (SSSR count). The largest absolute Gasteiger partial charge is 0.497 e. The fourth-order valence-electron chi connectivity index (χ4n) is 3.89. The molecule has 5 nitrogen and oxygen atoms in total. The summed E-state index contributed by atoms with van der Waals surface area (Å²) in [6, 6.07) is 16.7. The molecule has 28 heavy (non-hydrogen) atoms. The van der Waals surface area contributed by atoms with Crippen LogP contribution in [0.4, 0.5) is 5.69 Å². The molecule has 0 spiro atoms. The van der Waals surface area contributed by atoms with E-state index in [1.165, 1.54) is 37.2 Å². The number of amides is 1. The van der Waals surface area contributed by atoms with E-state index in [1.54, 1.807) is 12.0 Å². The number of benzene rings is 2. The molecule has 2 aromatic rings. The molecule has 1 atom stereocenters. The number of likely N-dealkylation sites (tertiary alicyclic amines) is 1. The number of carbonyl (C=O) groups excluding carboxylic acids is 1. The standard InChI is InChI=1S/C23H31N3O2/c1-25(2)20-10-8-19(9-11-20)22(26-14-4-5-15-26)17-24-23(27)16-18-6-12-21(28-3)13-7-18/h6-13,22H,4-5,14-17H2,1-3H3,(H,24,27)/p+1/t22-/m0/s1. The quantitative estimate of drug-likeness (QED) is 0.732. The van der Waals surface area contributed by atoms with E-state index in [-0.39, 0.29) is 5.91 Å². The van der Waals surface area contributed by atoms with E-state index >= 15 is 0 Å². The number of hydrogen-bond acceptors (Lipinski definition) is 3. The van der Waals surface area contributed by atoms with E-state index in [9.17, 15) is 4.79 Å². The van der Waals surface area contributed by atoms with Gasteiger partial charge in [0.2, 0.25) is 5.91 Å². The SMILES string of the molecule is COc1ccc(CC(=O)NC[C@@H](c2ccc(N(C)C)cc2)[NH+]2CCCC2)cc1. The first-order chi connectivity index (χ1) is 13.6. The van der Waals surface area contributed by atoms with Crippen molar-refractivity contribution < 1.29 is 14.4 Å². The molecular weight excluding hydrogens is 350 g/mol. The summed E-state index contributed by atoms with van der Waals surface area (Å²) in [6.45, 7) is 3.02. The summed E-state index contributed by atoms with van der Waals surface area (Å²) in [4.78, 5) is 16.2. The molecule has 1 amide bonds. The average Bonchev–Trinajstić information content (AvgIpc) is 3.23. The summed E-state index contributed by atoms with van der Waals surface area (Å²) in [5, 5.41) is 3.17. The number of anilines is 1. The van der Waals surface area contributed by atoms with E-state index in [0.29, 0.717) is 19.0 Å². The van der Waals surface area contributed by atoms with Crippen molar-refractivity contribution in [3.63, 3.8) is 0 Å². The van der Waals surface area contributed by atoms with Gasteiger partial charge in [-0.25, -0.2) is 0 Å². The molecule has 2 N–H and O–H groups in total. The average molecular weight is 383 g/mol. The number of methoxy groups -OCH3 is 1. The molecule has 1 aliphatic heterocycles. The molecule has 2 aromatic carbocycles. The Bertz CT molecular complexity index is 750. The van der Waals surface area contributed by atoms with E-state index in [0.717, 1.165) is 11.3 Å². The van der Waals surface area contributed by atoms with Crippen molar-refractivity contribution in [1.29, 1.82) is 0 Å². The third kappa shape index (κ3) is 5.26. The summed E-state index contributed by atoms with van der Waals surface area (Å²) in [7, 11) is 5.75. The molecule has 0 aromatic heterocycles. The normalized spacial score (nSPS) is 15.2. The Morgan fingerprint density at radius 3 is 2.29 bits per heavy atom. The van der Waals surface area contributed by atoms with Gasteiger partial charge in [-0.15, -0.1) is 0 Å². The Hall–Kier alpha value is -2.53. The van der Waals surface area contributed by atoms with Crippen LogP contribution in [0.1, 0.15) is 30.0 Å². The highest BCUT2D eigenvalue weighted by atomic mass is 16.5. The summed E-state index contributed by atoms with van der Waals surface area (Å²) in [5.41, 5.74) is 3.49. The minimum atomic E-state index is 0.0682. The number of nitrogens with zero attached hydrogens (tertiary/aromatic N) is 1. The minimum absolute atomic E-state index is 0.0682. The Balaban J connectivity index is 1.63. The van der Waals surface area contributed by atoms with Crippen LogP contribution in [-0.2, 0) is 11.2 Å². The first-order valence-electron chi connectivity index (χ1n) is 10.1. The first-order valence-corrected chi connectivity index (χ1v) is 10.1. The maximum atomic E-state index is 12.5. The van der Waals surface area contributed by atoms with Gasteiger partial charge in [0.25, 0.3) is 0 Å². The molecule has 1 heterocycles. The van der Waals surface area contributed by atoms with Crippen molar-refractivity contribution in [3.05, 3.63) is 59.7 Å². The third-order valence-corrected chi connectivity index (χ3v) is 5.58. The molecule has 0 unspecified atom stereocenters. The van der Waals surface area contributed by atoms with Crippen LogP contribution < -0.4 is 19.9 Å². The van der Waals surface area contributed by atoms with Crippen LogP contribution in [0, 0.1) is 0 Å². The number of ether oxygens (including phenoxy) is 1. The molecule has 0 bridgehead atoms. The Kier molecular flexibility index (Phi) is 6.93. The summed E-state index contributed by atoms with van der Waals surface area (Å²) >= 11 is 0. The van der Waals surface area contributed by atoms with Crippen LogP contribution in [0.5, 0.6) is 5.75 Å². The summed E-state index contributed by atoms with van der Waals surface area (Å²) in [6.07, 6.45) is 2.93. The molecule has 0 saturated carbocycles. The lowest BCUT2D eigenvalue weighted by atomic mass is 10.0. The maximum absolute atomic E-state index is 12.5. The molecule has 5 heteroatoms. The summed E-state index contributed by atoms with van der Waals surface area (Å²) < 4.78 is 5.18. The van der Waals surface area contributed by atoms with Crippen LogP contribution in [0.15, 0.2) is 48.5 Å². The monoisotopic (exact) mass is 382 g/mol. The van der Waals surface area contributed by atoms with Gasteiger partial charge in [0.05, 0.1) is 33.2 Å². The van der Waals surface area contributed by atoms with Gasteiger partial charge in [-0.2, -0.15) is 0 Å². The number of hydrogen-bond donors (Lipinski definition) is 2. The minimum Gasteiger partial charge on any atom is -0.497 e. The highest BCUT2D eigenvalue weighted by Gasteiger charge is 2.27. The zero-order valence-electron chi connectivity index (χ0n) is 17.2. The molecule has 0 aliphatic carbocycles. The van der Waals surface area contributed by atoms with Crippen LogP contribution in [0.2, 0.25) is 0 Å². The van der Waals surface area contributed by atoms with Gasteiger partial charge in [-0.1, -0.05) is 24.3 Å². The Morgan fingerprint density at radius 2 is 1.71 bits per heavy atom. The second-order valence-corrected chi connectivity index (χ2v) is 7.73. The number of rotatable bonds is 8. The topological polar surface area (TPSA) is 46.0 Å². The Labute approximate surface area is 168 Å². The van der Waals surface area contributed by atoms with Gasteiger partial charge < -0.3 is 19.9 Å². The third-order valence-electron chi connectivity index (χ3n) is 5.58. The van der Waals surface area contributed by atoms with E-state index < -0.39 is 0 Å². The second kappa shape index (κ2) is 9.60. The maximum Gasteiger partial charge on any atom is 0.224 e. The van der Waals surface area contributed by atoms with Gasteiger partial charge >= 0.3 is 0 Å². The first kappa shape index (κ1) is 20.2. The van der Waals surface area contributed by atoms with E-state index in [4.69, 9.17) is 4.74 Å². The van der Waals surface area contributed by atoms with Crippen molar-refractivity contribution >= 4 is 11.6 Å². The molecule has 0 radical (unpaired) electrons.